The van der Waals surface area contributed by atoms with Crippen molar-refractivity contribution < 1.29 is 4.39 Å². The van der Waals surface area contributed by atoms with E-state index < -0.39 is 0 Å². The monoisotopic (exact) mass is 441 g/mol. The lowest BCUT2D eigenvalue weighted by molar-refractivity contribution is 0.627. The number of aromatic nitrogens is 2. The van der Waals surface area contributed by atoms with Crippen molar-refractivity contribution in [2.45, 2.75) is 13.0 Å². The highest BCUT2D eigenvalue weighted by Gasteiger charge is 2.22. The van der Waals surface area contributed by atoms with Crippen LogP contribution >= 0.6 is 0 Å². The summed E-state index contributed by atoms with van der Waals surface area (Å²) in [6.45, 7) is 6.02. The Morgan fingerprint density at radius 2 is 1.82 bits per heavy atom. The number of rotatable bonds is 6. The van der Waals surface area contributed by atoms with Crippen molar-refractivity contribution in [3.05, 3.63) is 114 Å². The van der Waals surface area contributed by atoms with E-state index in [2.05, 4.69) is 21.9 Å². The summed E-state index contributed by atoms with van der Waals surface area (Å²) < 4.78 is 13.5. The lowest BCUT2D eigenvalue weighted by Crippen LogP contribution is -2.24. The molecule has 4 rings (SSSR count). The highest BCUT2D eigenvalue weighted by molar-refractivity contribution is 5.95. The van der Waals surface area contributed by atoms with Crippen molar-refractivity contribution >= 4 is 23.2 Å². The summed E-state index contributed by atoms with van der Waals surface area (Å²) in [4.78, 5) is 15.0. The van der Waals surface area contributed by atoms with E-state index in [0.717, 1.165) is 5.56 Å². The van der Waals surface area contributed by atoms with Gasteiger partial charge in [-0.1, -0.05) is 36.9 Å². The third-order valence-electron chi connectivity index (χ3n) is 5.13. The fourth-order valence-corrected chi connectivity index (χ4v) is 3.42. The quantitative estimate of drug-likeness (QED) is 0.529. The van der Waals surface area contributed by atoms with E-state index in [0.29, 0.717) is 40.3 Å². The van der Waals surface area contributed by atoms with Crippen LogP contribution in [0.4, 0.5) is 10.3 Å². The van der Waals surface area contributed by atoms with Crippen molar-refractivity contribution in [2.24, 2.45) is 16.5 Å². The number of amidine groups is 1. The van der Waals surface area contributed by atoms with Gasteiger partial charge in [-0.15, -0.1) is 0 Å². The van der Waals surface area contributed by atoms with Gasteiger partial charge in [0.2, 0.25) is 5.95 Å². The molecular formula is C25H24FN7. The summed E-state index contributed by atoms with van der Waals surface area (Å²) in [5.41, 5.74) is 15.6. The van der Waals surface area contributed by atoms with Crippen LogP contribution in [0.3, 0.4) is 0 Å². The average molecular weight is 442 g/mol. The van der Waals surface area contributed by atoms with E-state index in [-0.39, 0.29) is 11.9 Å². The Morgan fingerprint density at radius 1 is 1.09 bits per heavy atom. The van der Waals surface area contributed by atoms with E-state index in [1.54, 1.807) is 41.6 Å². The van der Waals surface area contributed by atoms with Crippen molar-refractivity contribution in [1.29, 1.82) is 0 Å². The summed E-state index contributed by atoms with van der Waals surface area (Å²) in [6.07, 6.45) is 5.01. The molecule has 1 aliphatic rings. The zero-order valence-corrected chi connectivity index (χ0v) is 18.1. The number of aliphatic imine (C=N–C) groups is 1. The normalized spacial score (nSPS) is 15.0. The summed E-state index contributed by atoms with van der Waals surface area (Å²) in [7, 11) is 0. The van der Waals surface area contributed by atoms with E-state index in [1.165, 1.54) is 12.1 Å². The highest BCUT2D eigenvalue weighted by Crippen LogP contribution is 2.31. The van der Waals surface area contributed by atoms with Crippen LogP contribution in [-0.4, -0.2) is 20.7 Å². The fraction of sp³-hybridized carbons (Fsp3) is 0.0800. The van der Waals surface area contributed by atoms with Crippen LogP contribution in [-0.2, 0) is 0 Å². The number of nitrogens with one attached hydrogen (secondary N) is 1. The number of nitrogens with two attached hydrogens (primary N) is 2. The Labute approximate surface area is 191 Å². The lowest BCUT2D eigenvalue weighted by Gasteiger charge is -2.27. The number of benzene rings is 2. The number of halogens is 1. The van der Waals surface area contributed by atoms with Crippen LogP contribution in [0.5, 0.6) is 0 Å². The molecule has 1 aliphatic heterocycles. The third kappa shape index (κ3) is 4.90. The largest absolute Gasteiger partial charge is 0.396 e. The maximum Gasteiger partial charge on any atom is 0.223 e. The van der Waals surface area contributed by atoms with E-state index in [1.807, 2.05) is 37.3 Å². The predicted octanol–water partition coefficient (Wildman–Crippen LogP) is 4.23. The number of nitrogens with zero attached hydrogens (tertiary/aromatic N) is 4. The molecule has 1 aromatic heterocycles. The van der Waals surface area contributed by atoms with Crippen LogP contribution in [0.2, 0.25) is 0 Å². The fourth-order valence-electron chi connectivity index (χ4n) is 3.42. The van der Waals surface area contributed by atoms with E-state index in [4.69, 9.17) is 16.5 Å². The second-order valence-electron chi connectivity index (χ2n) is 7.45. The van der Waals surface area contributed by atoms with Gasteiger partial charge in [0.1, 0.15) is 17.5 Å². The van der Waals surface area contributed by atoms with Crippen molar-refractivity contribution in [1.82, 2.24) is 14.9 Å². The SMILES string of the molecule is C=C1N=C(N)C=CN1/C(=C(\N)c1ccc(F)cc1)c1ccnc(N[C@@H](C)c2ccccc2)n1. The molecule has 1 atom stereocenters. The van der Waals surface area contributed by atoms with E-state index >= 15 is 0 Å². The van der Waals surface area contributed by atoms with Crippen molar-refractivity contribution in [2.75, 3.05) is 5.32 Å². The molecule has 0 unspecified atom stereocenters. The first-order chi connectivity index (χ1) is 15.9. The molecule has 0 amide bonds. The maximum atomic E-state index is 13.5. The van der Waals surface area contributed by atoms with Crippen LogP contribution < -0.4 is 16.8 Å². The second kappa shape index (κ2) is 9.35. The van der Waals surface area contributed by atoms with Gasteiger partial charge in [0, 0.05) is 12.4 Å². The molecule has 0 fully saturated rings. The lowest BCUT2D eigenvalue weighted by atomic mass is 10.1. The summed E-state index contributed by atoms with van der Waals surface area (Å²) in [6, 6.07) is 17.6. The molecule has 7 nitrogen and oxygen atoms in total. The summed E-state index contributed by atoms with van der Waals surface area (Å²) >= 11 is 0. The molecule has 0 bridgehead atoms. The first-order valence-electron chi connectivity index (χ1n) is 10.3. The molecule has 0 saturated heterocycles. The van der Waals surface area contributed by atoms with Crippen LogP contribution in [0.15, 0.2) is 96.5 Å². The molecule has 0 radical (unpaired) electrons. The molecule has 33 heavy (non-hydrogen) atoms. The molecule has 2 heterocycles. The second-order valence-corrected chi connectivity index (χ2v) is 7.45. The topological polar surface area (TPSA) is 105 Å². The average Bonchev–Trinajstić information content (AvgIpc) is 2.82. The molecule has 0 spiro atoms. The Morgan fingerprint density at radius 3 is 2.52 bits per heavy atom. The first-order valence-corrected chi connectivity index (χ1v) is 10.3. The first kappa shape index (κ1) is 21.8. The molecule has 8 heteroatoms. The third-order valence-corrected chi connectivity index (χ3v) is 5.13. The van der Waals surface area contributed by atoms with Crippen LogP contribution in [0, 0.1) is 5.82 Å². The van der Waals surface area contributed by atoms with Gasteiger partial charge >= 0.3 is 0 Å². The zero-order chi connectivity index (χ0) is 23.4. The van der Waals surface area contributed by atoms with Gasteiger partial charge in [-0.05, 0) is 54.5 Å². The molecule has 166 valence electrons. The standard InChI is InChI=1S/C25H24FN7/c1-16(18-6-4-3-5-7-18)30-25-29-14-12-21(32-25)24(33-15-13-22(27)31-17(33)2)23(28)19-8-10-20(26)11-9-19/h3-16H,2,28H2,1H3,(H2,27,31)(H,29,30,32)/b24-23-/t16-/m0/s1. The van der Waals surface area contributed by atoms with Crippen molar-refractivity contribution in [3.63, 3.8) is 0 Å². The van der Waals surface area contributed by atoms with Gasteiger partial charge < -0.3 is 16.8 Å². The summed E-state index contributed by atoms with van der Waals surface area (Å²) in [5.74, 6) is 0.789. The molecule has 0 saturated carbocycles. The minimum Gasteiger partial charge on any atom is -0.396 e. The van der Waals surface area contributed by atoms with Gasteiger partial charge in [0.15, 0.2) is 0 Å². The number of hydrogen-bond acceptors (Lipinski definition) is 7. The number of hydrogen-bond donors (Lipinski definition) is 3. The van der Waals surface area contributed by atoms with Gasteiger partial charge in [-0.25, -0.2) is 19.4 Å². The van der Waals surface area contributed by atoms with Gasteiger partial charge in [0.05, 0.1) is 23.1 Å². The summed E-state index contributed by atoms with van der Waals surface area (Å²) in [5, 5.41) is 3.32. The maximum absolute atomic E-state index is 13.5. The van der Waals surface area contributed by atoms with E-state index in [9.17, 15) is 4.39 Å². The van der Waals surface area contributed by atoms with Crippen molar-refractivity contribution in [3.8, 4) is 0 Å². The zero-order valence-electron chi connectivity index (χ0n) is 18.1. The molecular weight excluding hydrogens is 417 g/mol. The van der Waals surface area contributed by atoms with Gasteiger partial charge in [0.25, 0.3) is 0 Å². The van der Waals surface area contributed by atoms with Gasteiger partial charge in [-0.3, -0.25) is 4.90 Å². The minimum absolute atomic E-state index is 0.0161. The van der Waals surface area contributed by atoms with Crippen LogP contribution in [0.25, 0.3) is 11.4 Å². The Hall–Kier alpha value is -4.46. The minimum atomic E-state index is -0.351. The Balaban J connectivity index is 1.76. The Bertz CT molecular complexity index is 1250. The van der Waals surface area contributed by atoms with Crippen LogP contribution in [0.1, 0.15) is 29.8 Å². The van der Waals surface area contributed by atoms with Gasteiger partial charge in [-0.2, -0.15) is 0 Å². The smallest absolute Gasteiger partial charge is 0.223 e. The molecule has 3 aromatic rings. The Kier molecular flexibility index (Phi) is 6.17. The predicted molar refractivity (Wildman–Crippen MR) is 130 cm³/mol. The molecule has 2 aromatic carbocycles. The highest BCUT2D eigenvalue weighted by atomic mass is 19.1. The molecule has 0 aliphatic carbocycles. The number of anilines is 1. The molecule has 5 N–H and O–H groups in total.